The highest BCUT2D eigenvalue weighted by Crippen LogP contribution is 2.27. The summed E-state index contributed by atoms with van der Waals surface area (Å²) < 4.78 is 0. The maximum atomic E-state index is 11.8. The Balaban J connectivity index is 2.00. The second kappa shape index (κ2) is 8.48. The molecule has 0 radical (unpaired) electrons. The van der Waals surface area contributed by atoms with Gasteiger partial charge in [0.2, 0.25) is 5.91 Å². The summed E-state index contributed by atoms with van der Waals surface area (Å²) in [7, 11) is 0. The molecule has 6 nitrogen and oxygen atoms in total. The highest BCUT2D eigenvalue weighted by atomic mass is 35.5. The number of amides is 1. The van der Waals surface area contributed by atoms with E-state index in [-0.39, 0.29) is 16.6 Å². The summed E-state index contributed by atoms with van der Waals surface area (Å²) in [5.41, 5.74) is 2.25. The smallest absolute Gasteiger partial charge is 0.271 e. The highest BCUT2D eigenvalue weighted by molar-refractivity contribution is 6.33. The molecule has 0 bridgehead atoms. The maximum Gasteiger partial charge on any atom is 0.271 e. The number of nitrogens with one attached hydrogen (secondary N) is 2. The summed E-state index contributed by atoms with van der Waals surface area (Å²) in [6.45, 7) is 4.47. The number of non-ortho nitro benzene ring substituents is 1. The maximum absolute atomic E-state index is 11.8. The van der Waals surface area contributed by atoms with Crippen LogP contribution in [-0.2, 0) is 11.3 Å². The fraction of sp³-hybridized carbons (Fsp3) is 0.278. The monoisotopic (exact) mass is 361 g/mol. The number of nitrogens with zero attached hydrogens (tertiary/aromatic N) is 1. The number of rotatable bonds is 7. The van der Waals surface area contributed by atoms with E-state index in [0.717, 1.165) is 11.3 Å². The van der Waals surface area contributed by atoms with Crippen LogP contribution in [0.2, 0.25) is 5.02 Å². The zero-order valence-corrected chi connectivity index (χ0v) is 14.8. The Hall–Kier alpha value is -2.60. The summed E-state index contributed by atoms with van der Waals surface area (Å²) in [5.74, 6) is 0.285. The Morgan fingerprint density at radius 2 is 2.00 bits per heavy atom. The minimum atomic E-state index is -0.487. The van der Waals surface area contributed by atoms with Crippen LogP contribution in [0.1, 0.15) is 25.8 Å². The van der Waals surface area contributed by atoms with Crippen LogP contribution >= 0.6 is 11.6 Å². The van der Waals surface area contributed by atoms with Crippen molar-refractivity contribution in [3.05, 3.63) is 63.2 Å². The van der Waals surface area contributed by atoms with Crippen molar-refractivity contribution >= 4 is 34.6 Å². The molecule has 0 saturated heterocycles. The van der Waals surface area contributed by atoms with Gasteiger partial charge in [-0.25, -0.2) is 0 Å². The van der Waals surface area contributed by atoms with Gasteiger partial charge in [-0.05, 0) is 29.7 Å². The van der Waals surface area contributed by atoms with Gasteiger partial charge >= 0.3 is 0 Å². The first-order valence-corrected chi connectivity index (χ1v) is 8.29. The van der Waals surface area contributed by atoms with Crippen LogP contribution in [-0.4, -0.2) is 10.8 Å². The van der Waals surface area contributed by atoms with Crippen LogP contribution in [0.15, 0.2) is 42.5 Å². The highest BCUT2D eigenvalue weighted by Gasteiger charge is 2.09. The number of hydrogen-bond donors (Lipinski definition) is 2. The van der Waals surface area contributed by atoms with Gasteiger partial charge in [-0.3, -0.25) is 14.9 Å². The van der Waals surface area contributed by atoms with Gasteiger partial charge in [-0.2, -0.15) is 0 Å². The van der Waals surface area contributed by atoms with E-state index < -0.39 is 4.92 Å². The third-order valence-corrected chi connectivity index (χ3v) is 3.76. The lowest BCUT2D eigenvalue weighted by molar-refractivity contribution is -0.384. The van der Waals surface area contributed by atoms with Crippen molar-refractivity contribution < 1.29 is 9.72 Å². The van der Waals surface area contributed by atoms with Crippen LogP contribution in [0, 0.1) is 16.0 Å². The zero-order valence-electron chi connectivity index (χ0n) is 14.1. The minimum absolute atomic E-state index is 0.0153. The van der Waals surface area contributed by atoms with Crippen molar-refractivity contribution in [2.45, 2.75) is 26.8 Å². The lowest BCUT2D eigenvalue weighted by Crippen LogP contribution is -2.14. The topological polar surface area (TPSA) is 84.3 Å². The van der Waals surface area contributed by atoms with Crippen LogP contribution in [0.3, 0.4) is 0 Å². The minimum Gasteiger partial charge on any atom is -0.380 e. The number of carbonyl (C=O) groups excluding carboxylic acids is 1. The molecule has 0 aliphatic carbocycles. The number of nitro groups is 1. The second-order valence-corrected chi connectivity index (χ2v) is 6.53. The molecule has 0 atom stereocenters. The van der Waals surface area contributed by atoms with Gasteiger partial charge in [-0.1, -0.05) is 37.6 Å². The van der Waals surface area contributed by atoms with E-state index in [1.54, 1.807) is 6.07 Å². The molecular formula is C18H20ClN3O3. The molecule has 2 aromatic rings. The van der Waals surface area contributed by atoms with Crippen LogP contribution in [0.25, 0.3) is 0 Å². The van der Waals surface area contributed by atoms with Crippen molar-refractivity contribution in [3.8, 4) is 0 Å². The van der Waals surface area contributed by atoms with E-state index >= 15 is 0 Å². The third kappa shape index (κ3) is 5.76. The normalized spacial score (nSPS) is 10.6. The molecule has 2 aromatic carbocycles. The van der Waals surface area contributed by atoms with Gasteiger partial charge in [0.15, 0.2) is 0 Å². The number of halogens is 1. The van der Waals surface area contributed by atoms with Gasteiger partial charge in [-0.15, -0.1) is 0 Å². The predicted molar refractivity (Wildman–Crippen MR) is 100.0 cm³/mol. The SMILES string of the molecule is CC(C)CC(=O)Nc1cccc(CNc2ccc([N+](=O)[O-])cc2Cl)c1. The Morgan fingerprint density at radius 1 is 1.24 bits per heavy atom. The summed E-state index contributed by atoms with van der Waals surface area (Å²) >= 11 is 6.06. The second-order valence-electron chi connectivity index (χ2n) is 6.12. The fourth-order valence-corrected chi connectivity index (χ4v) is 2.54. The average molecular weight is 362 g/mol. The summed E-state index contributed by atoms with van der Waals surface area (Å²) in [6.07, 6.45) is 0.473. The van der Waals surface area contributed by atoms with Crippen LogP contribution in [0.5, 0.6) is 0 Å². The lowest BCUT2D eigenvalue weighted by atomic mass is 10.1. The van der Waals surface area contributed by atoms with Crippen molar-refractivity contribution in [3.63, 3.8) is 0 Å². The predicted octanol–water partition coefficient (Wildman–Crippen LogP) is 4.84. The third-order valence-electron chi connectivity index (χ3n) is 3.45. The molecular weight excluding hydrogens is 342 g/mol. The molecule has 0 heterocycles. The van der Waals surface area contributed by atoms with Gasteiger partial charge < -0.3 is 10.6 Å². The zero-order chi connectivity index (χ0) is 18.4. The van der Waals surface area contributed by atoms with E-state index in [0.29, 0.717) is 24.6 Å². The van der Waals surface area contributed by atoms with Crippen molar-refractivity contribution in [1.82, 2.24) is 0 Å². The summed E-state index contributed by atoms with van der Waals surface area (Å²) in [4.78, 5) is 22.1. The van der Waals surface area contributed by atoms with Crippen molar-refractivity contribution in [2.24, 2.45) is 5.92 Å². The Bertz CT molecular complexity index is 778. The van der Waals surface area contributed by atoms with Gasteiger partial charge in [0.1, 0.15) is 0 Å². The molecule has 0 aromatic heterocycles. The molecule has 0 saturated carbocycles. The molecule has 7 heteroatoms. The first-order valence-electron chi connectivity index (χ1n) is 7.91. The quantitative estimate of drug-likeness (QED) is 0.545. The fourth-order valence-electron chi connectivity index (χ4n) is 2.30. The molecule has 0 aliphatic heterocycles. The standard InChI is InChI=1S/C18H20ClN3O3/c1-12(2)8-18(23)21-14-5-3-4-13(9-14)11-20-17-7-6-15(22(24)25)10-16(17)19/h3-7,9-10,12,20H,8,11H2,1-2H3,(H,21,23). The first kappa shape index (κ1) is 18.7. The number of carbonyl (C=O) groups is 1. The molecule has 0 fully saturated rings. The van der Waals surface area contributed by atoms with Gasteiger partial charge in [0, 0.05) is 30.8 Å². The molecule has 1 amide bonds. The van der Waals surface area contributed by atoms with E-state index in [1.807, 2.05) is 38.1 Å². The average Bonchev–Trinajstić information content (AvgIpc) is 2.53. The molecule has 2 rings (SSSR count). The number of anilines is 2. The van der Waals surface area contributed by atoms with E-state index in [4.69, 9.17) is 11.6 Å². The van der Waals surface area contributed by atoms with Crippen molar-refractivity contribution in [1.29, 1.82) is 0 Å². The molecule has 0 spiro atoms. The molecule has 0 unspecified atom stereocenters. The summed E-state index contributed by atoms with van der Waals surface area (Å²) in [5, 5.41) is 17.0. The van der Waals surface area contributed by atoms with Crippen LogP contribution < -0.4 is 10.6 Å². The van der Waals surface area contributed by atoms with Crippen LogP contribution in [0.4, 0.5) is 17.1 Å². The van der Waals surface area contributed by atoms with Gasteiger partial charge in [0.05, 0.1) is 15.6 Å². The molecule has 132 valence electrons. The largest absolute Gasteiger partial charge is 0.380 e. The van der Waals surface area contributed by atoms with Gasteiger partial charge in [0.25, 0.3) is 5.69 Å². The lowest BCUT2D eigenvalue weighted by Gasteiger charge is -2.11. The van der Waals surface area contributed by atoms with E-state index in [9.17, 15) is 14.9 Å². The number of benzene rings is 2. The van der Waals surface area contributed by atoms with Crippen molar-refractivity contribution in [2.75, 3.05) is 10.6 Å². The Morgan fingerprint density at radius 3 is 2.64 bits per heavy atom. The molecule has 2 N–H and O–H groups in total. The molecule has 25 heavy (non-hydrogen) atoms. The summed E-state index contributed by atoms with van der Waals surface area (Å²) in [6, 6.07) is 11.8. The number of nitro benzene ring substituents is 1. The Kier molecular flexibility index (Phi) is 6.36. The van der Waals surface area contributed by atoms with E-state index in [1.165, 1.54) is 12.1 Å². The molecule has 0 aliphatic rings. The first-order chi connectivity index (χ1) is 11.8. The Labute approximate surface area is 151 Å². The number of hydrogen-bond acceptors (Lipinski definition) is 4. The van der Waals surface area contributed by atoms with E-state index in [2.05, 4.69) is 10.6 Å².